The molecule has 1 aromatic carbocycles. The Morgan fingerprint density at radius 3 is 2.35 bits per heavy atom. The van der Waals surface area contributed by atoms with Crippen molar-refractivity contribution < 1.29 is 23.0 Å². The van der Waals surface area contributed by atoms with Gasteiger partial charge in [-0.25, -0.2) is 8.42 Å². The predicted molar refractivity (Wildman–Crippen MR) is 63.0 cm³/mol. The molecular formula is C9H10Cl2O5S. The highest BCUT2D eigenvalue weighted by atomic mass is 35.7. The van der Waals surface area contributed by atoms with E-state index >= 15 is 0 Å². The van der Waals surface area contributed by atoms with Crippen molar-refractivity contribution in [1.82, 2.24) is 0 Å². The maximum Gasteiger partial charge on any atom is 0.265 e. The Labute approximate surface area is 108 Å². The molecule has 0 aliphatic rings. The van der Waals surface area contributed by atoms with Crippen molar-refractivity contribution >= 4 is 31.3 Å². The van der Waals surface area contributed by atoms with E-state index in [1.54, 1.807) is 0 Å². The molecule has 1 unspecified atom stereocenters. The number of benzene rings is 1. The third kappa shape index (κ3) is 3.23. The second kappa shape index (κ2) is 5.41. The third-order valence-electron chi connectivity index (χ3n) is 2.01. The lowest BCUT2D eigenvalue weighted by atomic mass is 10.2. The topological polar surface area (TPSA) is 72.8 Å². The average molecular weight is 301 g/mol. The van der Waals surface area contributed by atoms with Crippen LogP contribution in [-0.4, -0.2) is 27.7 Å². The van der Waals surface area contributed by atoms with Gasteiger partial charge in [-0.1, -0.05) is 11.6 Å². The number of halogens is 2. The van der Waals surface area contributed by atoms with E-state index in [0.717, 1.165) is 6.07 Å². The largest absolute Gasteiger partial charge is 0.494 e. The summed E-state index contributed by atoms with van der Waals surface area (Å²) < 4.78 is 32.2. The van der Waals surface area contributed by atoms with Gasteiger partial charge < -0.3 is 14.6 Å². The normalized spacial score (nSPS) is 13.5. The first-order chi connectivity index (χ1) is 7.81. The number of hydrogen-bond donors (Lipinski definition) is 1. The summed E-state index contributed by atoms with van der Waals surface area (Å²) in [5.41, 5.74) is 0.164. The second-order valence-corrected chi connectivity index (χ2v) is 6.00. The molecule has 1 N–H and O–H groups in total. The molecule has 1 aromatic rings. The lowest BCUT2D eigenvalue weighted by molar-refractivity contribution is -0.0770. The molecule has 0 bridgehead atoms. The molecule has 96 valence electrons. The molecule has 0 aliphatic carbocycles. The monoisotopic (exact) mass is 300 g/mol. The number of aliphatic hydroxyl groups is 1. The zero-order valence-corrected chi connectivity index (χ0v) is 11.3. The molecular weight excluding hydrogens is 291 g/mol. The van der Waals surface area contributed by atoms with E-state index in [1.807, 2.05) is 0 Å². The van der Waals surface area contributed by atoms with Crippen molar-refractivity contribution in [3.63, 3.8) is 0 Å². The Morgan fingerprint density at radius 1 is 1.35 bits per heavy atom. The highest BCUT2D eigenvalue weighted by molar-refractivity contribution is 8.13. The second-order valence-electron chi connectivity index (χ2n) is 3.06. The highest BCUT2D eigenvalue weighted by Gasteiger charge is 2.22. The third-order valence-corrected chi connectivity index (χ3v) is 3.62. The van der Waals surface area contributed by atoms with E-state index in [2.05, 4.69) is 4.74 Å². The molecule has 0 saturated heterocycles. The van der Waals surface area contributed by atoms with Gasteiger partial charge in [0.15, 0.2) is 12.0 Å². The number of methoxy groups -OCH3 is 2. The van der Waals surface area contributed by atoms with Crippen LogP contribution in [0.5, 0.6) is 5.75 Å². The highest BCUT2D eigenvalue weighted by Crippen LogP contribution is 2.36. The average Bonchev–Trinajstić information content (AvgIpc) is 2.25. The fourth-order valence-electron chi connectivity index (χ4n) is 1.25. The van der Waals surface area contributed by atoms with Gasteiger partial charge in [-0.05, 0) is 12.1 Å². The molecule has 0 fully saturated rings. The molecule has 1 atom stereocenters. The van der Waals surface area contributed by atoms with Crippen molar-refractivity contribution in [2.45, 2.75) is 11.2 Å². The zero-order valence-electron chi connectivity index (χ0n) is 8.98. The SMILES string of the molecule is COc1c(Cl)cc(C(O)OC)cc1S(=O)(=O)Cl. The minimum Gasteiger partial charge on any atom is -0.494 e. The lowest BCUT2D eigenvalue weighted by Gasteiger charge is -2.13. The summed E-state index contributed by atoms with van der Waals surface area (Å²) in [7, 11) is 3.73. The van der Waals surface area contributed by atoms with Gasteiger partial charge in [0.2, 0.25) is 0 Å². The van der Waals surface area contributed by atoms with Gasteiger partial charge in [-0.15, -0.1) is 0 Å². The number of rotatable bonds is 4. The standard InChI is InChI=1S/C9H10Cl2O5S/c1-15-8-6(10)3-5(9(12)16-2)4-7(8)17(11,13)14/h3-4,9,12H,1-2H3. The van der Waals surface area contributed by atoms with Gasteiger partial charge in [-0.2, -0.15) is 0 Å². The summed E-state index contributed by atoms with van der Waals surface area (Å²) in [4.78, 5) is -0.319. The molecule has 8 heteroatoms. The number of aliphatic hydroxyl groups excluding tert-OH is 1. The van der Waals surface area contributed by atoms with E-state index < -0.39 is 15.3 Å². The van der Waals surface area contributed by atoms with Gasteiger partial charge >= 0.3 is 0 Å². The molecule has 0 amide bonds. The Balaban J connectivity index is 3.50. The van der Waals surface area contributed by atoms with Crippen molar-refractivity contribution in [2.24, 2.45) is 0 Å². The molecule has 17 heavy (non-hydrogen) atoms. The van der Waals surface area contributed by atoms with E-state index in [9.17, 15) is 13.5 Å². The Hall–Kier alpha value is -0.530. The number of ether oxygens (including phenoxy) is 2. The molecule has 0 saturated carbocycles. The summed E-state index contributed by atoms with van der Waals surface area (Å²) in [6.45, 7) is 0. The summed E-state index contributed by atoms with van der Waals surface area (Å²) in [5, 5.41) is 9.46. The van der Waals surface area contributed by atoms with Gasteiger partial charge in [0, 0.05) is 23.4 Å². The molecule has 0 heterocycles. The quantitative estimate of drug-likeness (QED) is 0.679. The van der Waals surface area contributed by atoms with Crippen LogP contribution >= 0.6 is 22.3 Å². The van der Waals surface area contributed by atoms with Crippen LogP contribution in [0.4, 0.5) is 0 Å². The fourth-order valence-corrected chi connectivity index (χ4v) is 2.64. The van der Waals surface area contributed by atoms with E-state index in [4.69, 9.17) is 27.0 Å². The molecule has 0 aliphatic heterocycles. The van der Waals surface area contributed by atoms with Crippen LogP contribution in [0.1, 0.15) is 11.9 Å². The van der Waals surface area contributed by atoms with Crippen LogP contribution in [0.15, 0.2) is 17.0 Å². The van der Waals surface area contributed by atoms with Crippen LogP contribution in [-0.2, 0) is 13.8 Å². The molecule has 5 nitrogen and oxygen atoms in total. The minimum absolute atomic E-state index is 0.0142. The fraction of sp³-hybridized carbons (Fsp3) is 0.333. The smallest absolute Gasteiger partial charge is 0.265 e. The first-order valence-electron chi connectivity index (χ1n) is 4.34. The van der Waals surface area contributed by atoms with Crippen molar-refractivity contribution in [3.05, 3.63) is 22.7 Å². The van der Waals surface area contributed by atoms with E-state index in [1.165, 1.54) is 20.3 Å². The minimum atomic E-state index is -4.04. The van der Waals surface area contributed by atoms with E-state index in [0.29, 0.717) is 0 Å². The summed E-state index contributed by atoms with van der Waals surface area (Å²) in [5.74, 6) is -0.0753. The first-order valence-corrected chi connectivity index (χ1v) is 7.03. The summed E-state index contributed by atoms with van der Waals surface area (Å²) in [6.07, 6.45) is -1.30. The molecule has 0 spiro atoms. The molecule has 1 rings (SSSR count). The molecule has 0 radical (unpaired) electrons. The molecule has 0 aromatic heterocycles. The lowest BCUT2D eigenvalue weighted by Crippen LogP contribution is -2.04. The Bertz CT molecular complexity index is 514. The number of hydrogen-bond acceptors (Lipinski definition) is 5. The zero-order chi connectivity index (χ0) is 13.2. The Kier molecular flexibility index (Phi) is 4.62. The maximum atomic E-state index is 11.3. The van der Waals surface area contributed by atoms with Gasteiger partial charge in [0.05, 0.1) is 12.1 Å². The van der Waals surface area contributed by atoms with Crippen LogP contribution in [0.2, 0.25) is 5.02 Å². The van der Waals surface area contributed by atoms with Crippen molar-refractivity contribution in [2.75, 3.05) is 14.2 Å². The first kappa shape index (κ1) is 14.5. The van der Waals surface area contributed by atoms with Gasteiger partial charge in [-0.3, -0.25) is 0 Å². The summed E-state index contributed by atoms with van der Waals surface area (Å²) >= 11 is 5.83. The Morgan fingerprint density at radius 2 is 1.94 bits per heavy atom. The van der Waals surface area contributed by atoms with Crippen LogP contribution < -0.4 is 4.74 Å². The van der Waals surface area contributed by atoms with Crippen molar-refractivity contribution in [3.8, 4) is 5.75 Å². The summed E-state index contributed by atoms with van der Waals surface area (Å²) in [6, 6.07) is 2.47. The van der Waals surface area contributed by atoms with Gasteiger partial charge in [0.1, 0.15) is 4.90 Å². The van der Waals surface area contributed by atoms with Crippen LogP contribution in [0.25, 0.3) is 0 Å². The predicted octanol–water partition coefficient (Wildman–Crippen LogP) is 1.91. The van der Waals surface area contributed by atoms with Crippen molar-refractivity contribution in [1.29, 1.82) is 0 Å². The van der Waals surface area contributed by atoms with E-state index in [-0.39, 0.29) is 21.2 Å². The maximum absolute atomic E-state index is 11.3. The van der Waals surface area contributed by atoms with Crippen LogP contribution in [0, 0.1) is 0 Å². The van der Waals surface area contributed by atoms with Gasteiger partial charge in [0.25, 0.3) is 9.05 Å². The van der Waals surface area contributed by atoms with Crippen LogP contribution in [0.3, 0.4) is 0 Å².